The molecule has 23 heavy (non-hydrogen) atoms. The molecule has 0 fully saturated rings. The van der Waals surface area contributed by atoms with E-state index in [0.29, 0.717) is 5.69 Å². The first-order valence-corrected chi connectivity index (χ1v) is 6.10. The van der Waals surface area contributed by atoms with E-state index >= 15 is 0 Å². The highest BCUT2D eigenvalue weighted by molar-refractivity contribution is 14.0. The molecule has 0 atom stereocenters. The summed E-state index contributed by atoms with van der Waals surface area (Å²) in [5, 5.41) is 10.1. The van der Waals surface area contributed by atoms with Crippen molar-refractivity contribution in [3.05, 3.63) is 36.2 Å². The molecule has 1 aromatic heterocycles. The quantitative estimate of drug-likeness (QED) is 0.431. The topological polar surface area (TPSA) is 90.4 Å². The van der Waals surface area contributed by atoms with Crippen LogP contribution in [0.2, 0.25) is 0 Å². The summed E-state index contributed by atoms with van der Waals surface area (Å²) in [7, 11) is 1.71. The number of aryl methyl sites for hydroxylation is 1. The molecule has 1 aromatic carbocycles. The fourth-order valence-corrected chi connectivity index (χ4v) is 1.58. The number of alkyl halides is 3. The summed E-state index contributed by atoms with van der Waals surface area (Å²) in [6.07, 6.45) is -3.21. The third-order valence-corrected chi connectivity index (χ3v) is 2.56. The number of rotatable bonds is 4. The molecule has 0 unspecified atom stereocenters. The first-order chi connectivity index (χ1) is 10.3. The van der Waals surface area contributed by atoms with Gasteiger partial charge in [0.05, 0.1) is 18.4 Å². The lowest BCUT2D eigenvalue weighted by atomic mass is 10.3. The Bertz CT molecular complexity index is 673. The molecule has 2 rings (SSSR count). The van der Waals surface area contributed by atoms with Gasteiger partial charge >= 0.3 is 6.36 Å². The predicted octanol–water partition coefficient (Wildman–Crippen LogP) is 2.26. The van der Waals surface area contributed by atoms with Crippen LogP contribution in [0.4, 0.5) is 18.9 Å². The van der Waals surface area contributed by atoms with Crippen molar-refractivity contribution < 1.29 is 17.9 Å². The van der Waals surface area contributed by atoms with E-state index in [1.165, 1.54) is 35.1 Å². The van der Waals surface area contributed by atoms with E-state index < -0.39 is 6.36 Å². The molecular weight excluding hydrogens is 428 g/mol. The second-order valence-corrected chi connectivity index (χ2v) is 4.25. The van der Waals surface area contributed by atoms with Crippen LogP contribution >= 0.6 is 24.0 Å². The summed E-state index contributed by atoms with van der Waals surface area (Å²) >= 11 is 0. The van der Waals surface area contributed by atoms with E-state index in [0.717, 1.165) is 5.69 Å². The highest BCUT2D eigenvalue weighted by atomic mass is 127. The number of nitrogens with two attached hydrogens (primary N) is 1. The average Bonchev–Trinajstić information content (AvgIpc) is 2.80. The Labute approximate surface area is 146 Å². The van der Waals surface area contributed by atoms with E-state index in [1.807, 2.05) is 0 Å². The minimum Gasteiger partial charge on any atom is -0.406 e. The van der Waals surface area contributed by atoms with Crippen molar-refractivity contribution in [3.63, 3.8) is 0 Å². The highest BCUT2D eigenvalue weighted by Gasteiger charge is 2.31. The molecule has 0 saturated heterocycles. The third-order valence-electron chi connectivity index (χ3n) is 2.56. The fraction of sp³-hybridized carbons (Fsp3) is 0.250. The number of hydrogen-bond acceptors (Lipinski definition) is 4. The molecule has 2 aromatic rings. The van der Waals surface area contributed by atoms with Crippen molar-refractivity contribution in [1.29, 1.82) is 0 Å². The molecular formula is C12H14F3IN6O. The van der Waals surface area contributed by atoms with Crippen LogP contribution in [0.25, 0.3) is 0 Å². The molecule has 1 heterocycles. The van der Waals surface area contributed by atoms with E-state index in [2.05, 4.69) is 25.4 Å². The molecule has 11 heteroatoms. The fourth-order valence-electron chi connectivity index (χ4n) is 1.58. The number of halogens is 4. The zero-order chi connectivity index (χ0) is 16.2. The number of aromatic nitrogens is 3. The molecule has 0 aliphatic carbocycles. The molecule has 0 spiro atoms. The van der Waals surface area contributed by atoms with E-state index in [4.69, 9.17) is 5.73 Å². The van der Waals surface area contributed by atoms with Gasteiger partial charge in [-0.2, -0.15) is 0 Å². The molecule has 7 nitrogen and oxygen atoms in total. The number of benzene rings is 1. The first kappa shape index (κ1) is 19.0. The molecule has 0 aliphatic rings. The zero-order valence-electron chi connectivity index (χ0n) is 11.9. The van der Waals surface area contributed by atoms with Crippen molar-refractivity contribution in [2.45, 2.75) is 12.9 Å². The van der Waals surface area contributed by atoms with Crippen molar-refractivity contribution in [2.75, 3.05) is 5.32 Å². The molecule has 0 saturated carbocycles. The lowest BCUT2D eigenvalue weighted by molar-refractivity contribution is -0.274. The summed E-state index contributed by atoms with van der Waals surface area (Å²) in [6, 6.07) is 5.30. The van der Waals surface area contributed by atoms with Crippen LogP contribution in [0.5, 0.6) is 5.75 Å². The van der Waals surface area contributed by atoms with E-state index in [-0.39, 0.29) is 42.2 Å². The highest BCUT2D eigenvalue weighted by Crippen LogP contribution is 2.24. The van der Waals surface area contributed by atoms with Gasteiger partial charge in [0.1, 0.15) is 5.75 Å². The summed E-state index contributed by atoms with van der Waals surface area (Å²) < 4.78 is 41.8. The Hall–Kier alpha value is -2.05. The van der Waals surface area contributed by atoms with Gasteiger partial charge in [-0.1, -0.05) is 11.3 Å². The van der Waals surface area contributed by atoms with Crippen molar-refractivity contribution in [3.8, 4) is 5.75 Å². The van der Waals surface area contributed by atoms with Gasteiger partial charge in [0.25, 0.3) is 0 Å². The van der Waals surface area contributed by atoms with Crippen LogP contribution in [0.15, 0.2) is 35.5 Å². The number of ether oxygens (including phenoxy) is 1. The normalized spacial score (nSPS) is 11.7. The summed E-state index contributed by atoms with van der Waals surface area (Å²) in [6.45, 7) is 0.237. The summed E-state index contributed by atoms with van der Waals surface area (Å²) in [4.78, 5) is 4.05. The Morgan fingerprint density at radius 2 is 2.17 bits per heavy atom. The predicted molar refractivity (Wildman–Crippen MR) is 88.5 cm³/mol. The summed E-state index contributed by atoms with van der Waals surface area (Å²) in [5.74, 6) is -0.300. The van der Waals surface area contributed by atoms with Gasteiger partial charge in [-0.3, -0.25) is 4.68 Å². The van der Waals surface area contributed by atoms with E-state index in [1.54, 1.807) is 7.05 Å². The van der Waals surface area contributed by atoms with Crippen LogP contribution in [0.3, 0.4) is 0 Å². The lowest BCUT2D eigenvalue weighted by Crippen LogP contribution is -2.23. The first-order valence-electron chi connectivity index (χ1n) is 6.10. The van der Waals surface area contributed by atoms with Crippen LogP contribution in [0.1, 0.15) is 5.69 Å². The van der Waals surface area contributed by atoms with E-state index in [9.17, 15) is 13.2 Å². The Morgan fingerprint density at radius 1 is 1.43 bits per heavy atom. The zero-order valence-corrected chi connectivity index (χ0v) is 14.2. The summed E-state index contributed by atoms with van der Waals surface area (Å²) in [5.41, 5.74) is 6.74. The van der Waals surface area contributed by atoms with Gasteiger partial charge < -0.3 is 15.8 Å². The Kier molecular flexibility index (Phi) is 6.60. The van der Waals surface area contributed by atoms with Gasteiger partial charge in [-0.15, -0.1) is 42.2 Å². The Balaban J connectivity index is 0.00000264. The van der Waals surface area contributed by atoms with Crippen molar-refractivity contribution >= 4 is 35.6 Å². The van der Waals surface area contributed by atoms with Crippen LogP contribution in [-0.4, -0.2) is 27.3 Å². The second-order valence-electron chi connectivity index (χ2n) is 4.25. The van der Waals surface area contributed by atoms with Gasteiger partial charge in [0.2, 0.25) is 0 Å². The molecule has 0 radical (unpaired) electrons. The maximum Gasteiger partial charge on any atom is 0.573 e. The van der Waals surface area contributed by atoms with Crippen LogP contribution in [-0.2, 0) is 13.6 Å². The number of aliphatic imine (C=N–C) groups is 1. The van der Waals surface area contributed by atoms with Crippen molar-refractivity contribution in [1.82, 2.24) is 15.0 Å². The Morgan fingerprint density at radius 3 is 2.78 bits per heavy atom. The number of anilines is 1. The molecule has 0 aliphatic heterocycles. The monoisotopic (exact) mass is 442 g/mol. The smallest absolute Gasteiger partial charge is 0.406 e. The standard InChI is InChI=1S/C12H13F3N6O.HI/c1-21-9(7-18-20-21)6-17-11(16)19-8-3-2-4-10(5-8)22-12(13,14)15;/h2-5,7H,6H2,1H3,(H3,16,17,19);1H. The van der Waals surface area contributed by atoms with Crippen LogP contribution in [0, 0.1) is 0 Å². The van der Waals surface area contributed by atoms with Gasteiger partial charge in [-0.05, 0) is 12.1 Å². The SMILES string of the molecule is Cn1nncc1CN=C(N)Nc1cccc(OC(F)(F)F)c1.I. The maximum absolute atomic E-state index is 12.1. The van der Waals surface area contributed by atoms with Gasteiger partial charge in [-0.25, -0.2) is 4.99 Å². The second kappa shape index (κ2) is 7.99. The molecule has 0 amide bonds. The minimum absolute atomic E-state index is 0. The van der Waals surface area contributed by atoms with Crippen LogP contribution < -0.4 is 15.8 Å². The average molecular weight is 442 g/mol. The largest absolute Gasteiger partial charge is 0.573 e. The lowest BCUT2D eigenvalue weighted by Gasteiger charge is -2.11. The van der Waals surface area contributed by atoms with Gasteiger partial charge in [0.15, 0.2) is 5.96 Å². The number of nitrogens with one attached hydrogen (secondary N) is 1. The molecule has 3 N–H and O–H groups in total. The third kappa shape index (κ3) is 6.30. The molecule has 126 valence electrons. The number of guanidine groups is 1. The number of hydrogen-bond donors (Lipinski definition) is 2. The van der Waals surface area contributed by atoms with Crippen molar-refractivity contribution in [2.24, 2.45) is 17.8 Å². The molecule has 0 bridgehead atoms. The number of nitrogens with zero attached hydrogens (tertiary/aromatic N) is 4. The minimum atomic E-state index is -4.75. The van der Waals surface area contributed by atoms with Gasteiger partial charge in [0, 0.05) is 18.8 Å². The maximum atomic E-state index is 12.1.